The number of pyridine rings is 1. The average Bonchev–Trinajstić information content (AvgIpc) is 2.82. The normalized spacial score (nSPS) is 11.0. The predicted octanol–water partition coefficient (Wildman–Crippen LogP) is 0.632. The molecular formula is C15H21N3O3. The molecule has 0 fully saturated rings. The van der Waals surface area contributed by atoms with Gasteiger partial charge in [0.25, 0.3) is 5.91 Å². The summed E-state index contributed by atoms with van der Waals surface area (Å²) in [6, 6.07) is 3.54. The number of rotatable bonds is 6. The van der Waals surface area contributed by atoms with Crippen LogP contribution in [0, 0.1) is 6.92 Å². The van der Waals surface area contributed by atoms with Crippen LogP contribution in [0.4, 0.5) is 0 Å². The molecule has 2 aromatic heterocycles. The van der Waals surface area contributed by atoms with Gasteiger partial charge in [0.1, 0.15) is 5.65 Å². The van der Waals surface area contributed by atoms with Crippen LogP contribution in [0.2, 0.25) is 0 Å². The van der Waals surface area contributed by atoms with Crippen molar-refractivity contribution >= 4 is 11.6 Å². The van der Waals surface area contributed by atoms with Gasteiger partial charge in [0.2, 0.25) is 0 Å². The maximum Gasteiger partial charge on any atom is 0.255 e. The Morgan fingerprint density at radius 3 is 2.52 bits per heavy atom. The maximum absolute atomic E-state index is 12.4. The molecule has 6 nitrogen and oxygen atoms in total. The van der Waals surface area contributed by atoms with E-state index in [4.69, 9.17) is 10.2 Å². The Balaban J connectivity index is 2.37. The molecule has 0 saturated heterocycles. The van der Waals surface area contributed by atoms with Gasteiger partial charge in [0.15, 0.2) is 0 Å². The van der Waals surface area contributed by atoms with Crippen LogP contribution >= 0.6 is 0 Å². The molecule has 0 atom stereocenters. The first kappa shape index (κ1) is 15.5. The number of aromatic nitrogens is 2. The van der Waals surface area contributed by atoms with Crippen molar-refractivity contribution in [3.05, 3.63) is 35.3 Å². The van der Waals surface area contributed by atoms with E-state index in [0.717, 1.165) is 23.5 Å². The van der Waals surface area contributed by atoms with Crippen LogP contribution in [0.5, 0.6) is 0 Å². The Morgan fingerprint density at radius 1 is 1.29 bits per heavy atom. The van der Waals surface area contributed by atoms with E-state index in [9.17, 15) is 4.79 Å². The highest BCUT2D eigenvalue weighted by molar-refractivity contribution is 5.94. The van der Waals surface area contributed by atoms with Gasteiger partial charge in [0.05, 0.1) is 24.5 Å². The van der Waals surface area contributed by atoms with Crippen molar-refractivity contribution in [2.24, 2.45) is 0 Å². The van der Waals surface area contributed by atoms with Crippen molar-refractivity contribution in [2.75, 3.05) is 26.3 Å². The number of hydrogen-bond acceptors (Lipinski definition) is 4. The summed E-state index contributed by atoms with van der Waals surface area (Å²) < 4.78 is 1.90. The maximum atomic E-state index is 12.4. The topological polar surface area (TPSA) is 78.1 Å². The quantitative estimate of drug-likeness (QED) is 0.818. The first-order valence-corrected chi connectivity index (χ1v) is 7.11. The van der Waals surface area contributed by atoms with Crippen molar-refractivity contribution in [3.8, 4) is 0 Å². The third-order valence-electron chi connectivity index (χ3n) is 3.56. The molecule has 0 aromatic carbocycles. The Kier molecular flexibility index (Phi) is 4.93. The average molecular weight is 291 g/mol. The van der Waals surface area contributed by atoms with Crippen LogP contribution in [-0.4, -0.2) is 56.7 Å². The number of fused-ring (bicyclic) bond motifs is 1. The SMILES string of the molecule is CCc1nc2ccc(C(=O)N(CCO)CCO)cn2c1C. The summed E-state index contributed by atoms with van der Waals surface area (Å²) in [5.74, 6) is -0.203. The minimum atomic E-state index is -0.203. The van der Waals surface area contributed by atoms with Gasteiger partial charge >= 0.3 is 0 Å². The predicted molar refractivity (Wildman–Crippen MR) is 79.4 cm³/mol. The van der Waals surface area contributed by atoms with Gasteiger partial charge in [-0.3, -0.25) is 4.79 Å². The van der Waals surface area contributed by atoms with Crippen LogP contribution in [-0.2, 0) is 6.42 Å². The van der Waals surface area contributed by atoms with Crippen LogP contribution in [0.15, 0.2) is 18.3 Å². The molecule has 0 unspecified atom stereocenters. The molecule has 2 aromatic rings. The Hall–Kier alpha value is -1.92. The smallest absolute Gasteiger partial charge is 0.255 e. The Morgan fingerprint density at radius 2 is 1.95 bits per heavy atom. The molecule has 2 rings (SSSR count). The largest absolute Gasteiger partial charge is 0.395 e. The summed E-state index contributed by atoms with van der Waals surface area (Å²) in [6.07, 6.45) is 2.61. The summed E-state index contributed by atoms with van der Waals surface area (Å²) >= 11 is 0. The third-order valence-corrected chi connectivity index (χ3v) is 3.56. The van der Waals surface area contributed by atoms with Gasteiger partial charge in [-0.15, -0.1) is 0 Å². The van der Waals surface area contributed by atoms with E-state index in [1.807, 2.05) is 24.3 Å². The number of amides is 1. The molecule has 0 aliphatic carbocycles. The second-order valence-electron chi connectivity index (χ2n) is 4.88. The van der Waals surface area contributed by atoms with Crippen LogP contribution in [0.25, 0.3) is 5.65 Å². The molecule has 21 heavy (non-hydrogen) atoms. The van der Waals surface area contributed by atoms with Crippen molar-refractivity contribution < 1.29 is 15.0 Å². The number of aliphatic hydroxyl groups is 2. The summed E-state index contributed by atoms with van der Waals surface area (Å²) in [5.41, 5.74) is 3.38. The second-order valence-corrected chi connectivity index (χ2v) is 4.88. The van der Waals surface area contributed by atoms with Crippen molar-refractivity contribution in [3.63, 3.8) is 0 Å². The molecule has 0 bridgehead atoms. The lowest BCUT2D eigenvalue weighted by Crippen LogP contribution is -2.36. The summed E-state index contributed by atoms with van der Waals surface area (Å²) in [6.45, 7) is 4.19. The highest BCUT2D eigenvalue weighted by atomic mass is 16.3. The molecule has 0 saturated carbocycles. The van der Waals surface area contributed by atoms with Gasteiger partial charge in [0, 0.05) is 25.0 Å². The van der Waals surface area contributed by atoms with E-state index in [1.165, 1.54) is 4.90 Å². The molecule has 0 spiro atoms. The highest BCUT2D eigenvalue weighted by Gasteiger charge is 2.16. The molecule has 2 N–H and O–H groups in total. The van der Waals surface area contributed by atoms with Gasteiger partial charge in [-0.1, -0.05) is 6.92 Å². The molecule has 6 heteroatoms. The number of aliphatic hydroxyl groups excluding tert-OH is 2. The minimum absolute atomic E-state index is 0.127. The summed E-state index contributed by atoms with van der Waals surface area (Å²) in [4.78, 5) is 18.4. The Bertz CT molecular complexity index is 630. The van der Waals surface area contributed by atoms with Crippen LogP contribution in [0.1, 0.15) is 28.7 Å². The van der Waals surface area contributed by atoms with E-state index in [0.29, 0.717) is 5.56 Å². The van der Waals surface area contributed by atoms with E-state index < -0.39 is 0 Å². The van der Waals surface area contributed by atoms with Crippen molar-refractivity contribution in [1.29, 1.82) is 0 Å². The lowest BCUT2D eigenvalue weighted by Gasteiger charge is -2.20. The minimum Gasteiger partial charge on any atom is -0.395 e. The van der Waals surface area contributed by atoms with Gasteiger partial charge in [-0.2, -0.15) is 0 Å². The van der Waals surface area contributed by atoms with Gasteiger partial charge < -0.3 is 19.5 Å². The first-order chi connectivity index (χ1) is 10.1. The van der Waals surface area contributed by atoms with E-state index in [2.05, 4.69) is 4.98 Å². The molecule has 1 amide bonds. The molecule has 0 aliphatic rings. The van der Waals surface area contributed by atoms with E-state index in [1.54, 1.807) is 12.3 Å². The van der Waals surface area contributed by atoms with Gasteiger partial charge in [-0.25, -0.2) is 4.98 Å². The molecule has 0 radical (unpaired) electrons. The number of nitrogens with zero attached hydrogens (tertiary/aromatic N) is 3. The van der Waals surface area contributed by atoms with E-state index in [-0.39, 0.29) is 32.2 Å². The number of carbonyl (C=O) groups excluding carboxylic acids is 1. The third kappa shape index (κ3) is 3.06. The molecule has 114 valence electrons. The number of hydrogen-bond donors (Lipinski definition) is 2. The van der Waals surface area contributed by atoms with Crippen molar-refractivity contribution in [1.82, 2.24) is 14.3 Å². The van der Waals surface area contributed by atoms with Crippen LogP contribution in [0.3, 0.4) is 0 Å². The second kappa shape index (κ2) is 6.69. The Labute approximate surface area is 123 Å². The fourth-order valence-electron chi connectivity index (χ4n) is 2.41. The highest BCUT2D eigenvalue weighted by Crippen LogP contribution is 2.15. The fourth-order valence-corrected chi connectivity index (χ4v) is 2.41. The van der Waals surface area contributed by atoms with Gasteiger partial charge in [-0.05, 0) is 25.5 Å². The summed E-state index contributed by atoms with van der Waals surface area (Å²) in [7, 11) is 0. The zero-order valence-corrected chi connectivity index (χ0v) is 12.4. The molecule has 0 aliphatic heterocycles. The molecular weight excluding hydrogens is 270 g/mol. The zero-order chi connectivity index (χ0) is 15.4. The van der Waals surface area contributed by atoms with Crippen LogP contribution < -0.4 is 0 Å². The summed E-state index contributed by atoms with van der Waals surface area (Å²) in [5, 5.41) is 18.0. The number of carbonyl (C=O) groups is 1. The standard InChI is InChI=1S/C15H21N3O3/c1-3-13-11(2)18-10-12(4-5-14(18)16-13)15(21)17(6-8-19)7-9-20/h4-5,10,19-20H,3,6-9H2,1-2H3. The fraction of sp³-hybridized carbons (Fsp3) is 0.467. The monoisotopic (exact) mass is 291 g/mol. The number of imidazole rings is 1. The molecule has 2 heterocycles. The van der Waals surface area contributed by atoms with E-state index >= 15 is 0 Å². The lowest BCUT2D eigenvalue weighted by molar-refractivity contribution is 0.0684. The first-order valence-electron chi connectivity index (χ1n) is 7.11. The lowest BCUT2D eigenvalue weighted by atomic mass is 10.2. The van der Waals surface area contributed by atoms with Crippen molar-refractivity contribution in [2.45, 2.75) is 20.3 Å². The number of aryl methyl sites for hydroxylation is 2. The zero-order valence-electron chi connectivity index (χ0n) is 12.4.